The van der Waals surface area contributed by atoms with Gasteiger partial charge in [0.15, 0.2) is 5.75 Å². The Balaban J connectivity index is 3.00. The summed E-state index contributed by atoms with van der Waals surface area (Å²) in [5, 5.41) is 10.1. The molecule has 0 aromatic heterocycles. The van der Waals surface area contributed by atoms with Crippen molar-refractivity contribution in [2.24, 2.45) is 0 Å². The van der Waals surface area contributed by atoms with E-state index >= 15 is 0 Å². The molecule has 0 saturated heterocycles. The molecule has 3 nitrogen and oxygen atoms in total. The van der Waals surface area contributed by atoms with Crippen LogP contribution in [0.5, 0.6) is 17.2 Å². The van der Waals surface area contributed by atoms with Gasteiger partial charge in [0.1, 0.15) is 11.5 Å². The first-order valence-corrected chi connectivity index (χ1v) is 12.6. The zero-order valence-electron chi connectivity index (χ0n) is 11.5. The molecule has 1 aromatic rings. The molecule has 96 valence electrons. The van der Waals surface area contributed by atoms with Gasteiger partial charge in [-0.3, -0.25) is 0 Å². The topological polar surface area (TPSA) is 38.7 Å². The Morgan fingerprint density at radius 3 is 1.47 bits per heavy atom. The largest absolute Gasteiger partial charge is 0.542 e. The van der Waals surface area contributed by atoms with E-state index in [9.17, 15) is 5.11 Å². The zero-order valence-corrected chi connectivity index (χ0v) is 13.5. The number of phenols is 1. The van der Waals surface area contributed by atoms with Crippen molar-refractivity contribution in [3.05, 3.63) is 18.2 Å². The average molecular weight is 270 g/mol. The SMILES string of the molecule is C[Si](C)(C)Oc1cccc(O[Si](C)(C)C)c1O. The lowest BCUT2D eigenvalue weighted by atomic mass is 10.3. The zero-order chi connectivity index (χ0) is 13.3. The number of phenolic OH excluding ortho intramolecular Hbond substituents is 1. The van der Waals surface area contributed by atoms with Crippen molar-refractivity contribution in [2.45, 2.75) is 39.3 Å². The van der Waals surface area contributed by atoms with E-state index < -0.39 is 16.6 Å². The molecule has 0 saturated carbocycles. The van der Waals surface area contributed by atoms with Crippen LogP contribution >= 0.6 is 0 Å². The van der Waals surface area contributed by atoms with Crippen LogP contribution in [0.4, 0.5) is 0 Å². The number of hydrogen-bond acceptors (Lipinski definition) is 3. The number of aromatic hydroxyl groups is 1. The average Bonchev–Trinajstić information content (AvgIpc) is 2.07. The van der Waals surface area contributed by atoms with E-state index in [2.05, 4.69) is 39.3 Å². The molecule has 1 N–H and O–H groups in total. The van der Waals surface area contributed by atoms with Crippen molar-refractivity contribution in [3.63, 3.8) is 0 Å². The quantitative estimate of drug-likeness (QED) is 0.845. The summed E-state index contributed by atoms with van der Waals surface area (Å²) in [4.78, 5) is 0. The highest BCUT2D eigenvalue weighted by atomic mass is 28.4. The summed E-state index contributed by atoms with van der Waals surface area (Å²) >= 11 is 0. The minimum absolute atomic E-state index is 0.123. The van der Waals surface area contributed by atoms with Crippen LogP contribution in [0.2, 0.25) is 39.3 Å². The second kappa shape index (κ2) is 4.74. The van der Waals surface area contributed by atoms with E-state index in [1.54, 1.807) is 12.1 Å². The van der Waals surface area contributed by atoms with Gasteiger partial charge < -0.3 is 14.0 Å². The molecule has 1 aromatic carbocycles. The summed E-state index contributed by atoms with van der Waals surface area (Å²) in [6.07, 6.45) is 0. The molecule has 1 rings (SSSR count). The predicted molar refractivity (Wildman–Crippen MR) is 76.1 cm³/mol. The molecular weight excluding hydrogens is 248 g/mol. The molecule has 0 spiro atoms. The van der Waals surface area contributed by atoms with Gasteiger partial charge in [-0.2, -0.15) is 0 Å². The van der Waals surface area contributed by atoms with Crippen molar-refractivity contribution in [2.75, 3.05) is 0 Å². The van der Waals surface area contributed by atoms with Crippen LogP contribution in [0.3, 0.4) is 0 Å². The molecule has 0 radical (unpaired) electrons. The summed E-state index contributed by atoms with van der Waals surface area (Å²) in [5.41, 5.74) is 0. The van der Waals surface area contributed by atoms with Crippen molar-refractivity contribution in [1.82, 2.24) is 0 Å². The van der Waals surface area contributed by atoms with E-state index in [4.69, 9.17) is 8.85 Å². The van der Waals surface area contributed by atoms with Gasteiger partial charge in [-0.1, -0.05) is 6.07 Å². The molecule has 17 heavy (non-hydrogen) atoms. The van der Waals surface area contributed by atoms with Crippen LogP contribution in [0.15, 0.2) is 18.2 Å². The minimum atomic E-state index is -1.72. The van der Waals surface area contributed by atoms with Gasteiger partial charge >= 0.3 is 0 Å². The third-order valence-corrected chi connectivity index (χ3v) is 3.46. The number of para-hydroxylation sites is 1. The fourth-order valence-electron chi connectivity index (χ4n) is 1.33. The van der Waals surface area contributed by atoms with E-state index in [0.29, 0.717) is 11.5 Å². The third kappa shape index (κ3) is 4.83. The molecule has 5 heteroatoms. The number of benzene rings is 1. The predicted octanol–water partition coefficient (Wildman–Crippen LogP) is 3.82. The lowest BCUT2D eigenvalue weighted by molar-refractivity contribution is 0.408. The molecule has 0 aliphatic carbocycles. The highest BCUT2D eigenvalue weighted by molar-refractivity contribution is 6.71. The summed E-state index contributed by atoms with van der Waals surface area (Å²) in [7, 11) is -3.43. The van der Waals surface area contributed by atoms with Crippen LogP contribution in [0.25, 0.3) is 0 Å². The molecule has 0 bridgehead atoms. The second-order valence-electron chi connectivity index (χ2n) is 6.03. The van der Waals surface area contributed by atoms with Gasteiger partial charge in [-0.15, -0.1) is 0 Å². The van der Waals surface area contributed by atoms with E-state index in [1.165, 1.54) is 0 Å². The highest BCUT2D eigenvalue weighted by Gasteiger charge is 2.22. The fraction of sp³-hybridized carbons (Fsp3) is 0.500. The van der Waals surface area contributed by atoms with Crippen molar-refractivity contribution >= 4 is 16.6 Å². The van der Waals surface area contributed by atoms with Gasteiger partial charge in [0.2, 0.25) is 16.6 Å². The van der Waals surface area contributed by atoms with Crippen LogP contribution in [0.1, 0.15) is 0 Å². The summed E-state index contributed by atoms with van der Waals surface area (Å²) in [5.74, 6) is 1.18. The molecule has 0 aliphatic heterocycles. The standard InChI is InChI=1S/C12H22O3Si2/c1-16(2,3)14-10-8-7-9-11(12(10)13)15-17(4,5)6/h7-9,13H,1-6H3. The van der Waals surface area contributed by atoms with Crippen LogP contribution < -0.4 is 8.85 Å². The van der Waals surface area contributed by atoms with E-state index in [-0.39, 0.29) is 5.75 Å². The minimum Gasteiger partial charge on any atom is -0.542 e. The highest BCUT2D eigenvalue weighted by Crippen LogP contribution is 2.38. The van der Waals surface area contributed by atoms with Crippen LogP contribution in [0, 0.1) is 0 Å². The molecule has 0 atom stereocenters. The maximum atomic E-state index is 10.1. The maximum absolute atomic E-state index is 10.1. The first-order valence-electron chi connectivity index (χ1n) is 5.78. The van der Waals surface area contributed by atoms with Gasteiger partial charge in [0.05, 0.1) is 0 Å². The first-order chi connectivity index (χ1) is 7.58. The fourth-order valence-corrected chi connectivity index (χ4v) is 2.98. The maximum Gasteiger partial charge on any atom is 0.242 e. The van der Waals surface area contributed by atoms with Gasteiger partial charge in [0.25, 0.3) is 0 Å². The van der Waals surface area contributed by atoms with E-state index in [1.807, 2.05) is 6.07 Å². The van der Waals surface area contributed by atoms with Crippen LogP contribution in [-0.4, -0.2) is 21.7 Å². The summed E-state index contributed by atoms with van der Waals surface area (Å²) in [6.45, 7) is 12.5. The lowest BCUT2D eigenvalue weighted by Crippen LogP contribution is -2.30. The number of rotatable bonds is 4. The Bertz CT molecular complexity index is 357. The molecule has 0 fully saturated rings. The lowest BCUT2D eigenvalue weighted by Gasteiger charge is -2.23. The molecule has 0 heterocycles. The normalized spacial score (nSPS) is 12.4. The Morgan fingerprint density at radius 1 is 0.824 bits per heavy atom. The monoisotopic (exact) mass is 270 g/mol. The summed E-state index contributed by atoms with van der Waals surface area (Å²) < 4.78 is 11.6. The Morgan fingerprint density at radius 2 is 1.18 bits per heavy atom. The Labute approximate surface area is 106 Å². The Kier molecular flexibility index (Phi) is 3.93. The van der Waals surface area contributed by atoms with Crippen molar-refractivity contribution in [1.29, 1.82) is 0 Å². The van der Waals surface area contributed by atoms with Gasteiger partial charge in [-0.05, 0) is 51.4 Å². The third-order valence-electron chi connectivity index (χ3n) is 1.79. The molecular formula is C12H22O3Si2. The van der Waals surface area contributed by atoms with Crippen molar-refractivity contribution < 1.29 is 14.0 Å². The van der Waals surface area contributed by atoms with Gasteiger partial charge in [-0.25, -0.2) is 0 Å². The Hall–Kier alpha value is -0.946. The molecule has 0 aliphatic rings. The van der Waals surface area contributed by atoms with Crippen molar-refractivity contribution in [3.8, 4) is 17.2 Å². The second-order valence-corrected chi connectivity index (χ2v) is 14.9. The molecule has 0 unspecified atom stereocenters. The smallest absolute Gasteiger partial charge is 0.242 e. The van der Waals surface area contributed by atoms with Gasteiger partial charge in [0, 0.05) is 0 Å². The summed E-state index contributed by atoms with van der Waals surface area (Å²) in [6, 6.07) is 5.42. The molecule has 0 amide bonds. The van der Waals surface area contributed by atoms with E-state index in [0.717, 1.165) is 0 Å². The van der Waals surface area contributed by atoms with Crippen LogP contribution in [-0.2, 0) is 0 Å². The first kappa shape index (κ1) is 14.1. The number of hydrogen-bond donors (Lipinski definition) is 1.